The van der Waals surface area contributed by atoms with Crippen molar-refractivity contribution in [1.29, 1.82) is 0 Å². The van der Waals surface area contributed by atoms with E-state index in [1.54, 1.807) is 11.9 Å². The second-order valence-electron chi connectivity index (χ2n) is 4.83. The molecule has 2 rings (SSSR count). The van der Waals surface area contributed by atoms with Crippen LogP contribution in [0.2, 0.25) is 5.02 Å². The molecule has 1 aromatic carbocycles. The van der Waals surface area contributed by atoms with Crippen molar-refractivity contribution in [3.8, 4) is 0 Å². The van der Waals surface area contributed by atoms with Crippen LogP contribution in [0.15, 0.2) is 18.2 Å². The Morgan fingerprint density at radius 1 is 1.33 bits per heavy atom. The van der Waals surface area contributed by atoms with Gasteiger partial charge >= 0.3 is 0 Å². The fourth-order valence-corrected chi connectivity index (χ4v) is 2.66. The summed E-state index contributed by atoms with van der Waals surface area (Å²) in [6.45, 7) is 0. The van der Waals surface area contributed by atoms with Gasteiger partial charge in [0, 0.05) is 18.1 Å². The average Bonchev–Trinajstić information content (AvgIpc) is 2.41. The lowest BCUT2D eigenvalue weighted by molar-refractivity contribution is 0.0691. The molecule has 0 spiro atoms. The van der Waals surface area contributed by atoms with Crippen molar-refractivity contribution in [2.24, 2.45) is 0 Å². The molecule has 18 heavy (non-hydrogen) atoms. The van der Waals surface area contributed by atoms with Crippen molar-refractivity contribution in [1.82, 2.24) is 4.90 Å². The number of amides is 1. The number of hydrogen-bond acceptors (Lipinski definition) is 1. The van der Waals surface area contributed by atoms with Crippen LogP contribution in [-0.4, -0.2) is 23.9 Å². The van der Waals surface area contributed by atoms with Crippen molar-refractivity contribution >= 4 is 17.5 Å². The van der Waals surface area contributed by atoms with E-state index < -0.39 is 5.82 Å². The van der Waals surface area contributed by atoms with Crippen molar-refractivity contribution < 1.29 is 9.18 Å². The Labute approximate surface area is 112 Å². The number of carbonyl (C=O) groups excluding carboxylic acids is 1. The molecule has 0 heterocycles. The molecule has 1 saturated carbocycles. The third-order valence-electron chi connectivity index (χ3n) is 3.60. The molecule has 1 aliphatic carbocycles. The molecular formula is C14H17ClFNO. The summed E-state index contributed by atoms with van der Waals surface area (Å²) in [4.78, 5) is 13.9. The fourth-order valence-electron chi connectivity index (χ4n) is 2.49. The quantitative estimate of drug-likeness (QED) is 0.798. The smallest absolute Gasteiger partial charge is 0.256 e. The van der Waals surface area contributed by atoms with Gasteiger partial charge in [0.05, 0.1) is 5.56 Å². The molecule has 1 aliphatic rings. The summed E-state index contributed by atoms with van der Waals surface area (Å²) < 4.78 is 13.6. The molecule has 1 aromatic rings. The minimum atomic E-state index is -0.507. The molecule has 0 radical (unpaired) electrons. The number of halogens is 2. The standard InChI is InChI=1S/C14H17ClFNO/c1-17(11-5-3-2-4-6-11)14(18)12-9-10(15)7-8-13(12)16/h7-9,11H,2-6H2,1H3. The number of nitrogens with zero attached hydrogens (tertiary/aromatic N) is 1. The summed E-state index contributed by atoms with van der Waals surface area (Å²) in [7, 11) is 1.75. The van der Waals surface area contributed by atoms with Crippen LogP contribution in [0.4, 0.5) is 4.39 Å². The van der Waals surface area contributed by atoms with Crippen LogP contribution in [0.3, 0.4) is 0 Å². The predicted molar refractivity (Wildman–Crippen MR) is 70.4 cm³/mol. The maximum atomic E-state index is 13.6. The first-order valence-electron chi connectivity index (χ1n) is 6.32. The summed E-state index contributed by atoms with van der Waals surface area (Å²) in [5.74, 6) is -0.783. The van der Waals surface area contributed by atoms with E-state index in [4.69, 9.17) is 11.6 Å². The molecule has 1 fully saturated rings. The van der Waals surface area contributed by atoms with Gasteiger partial charge in [-0.1, -0.05) is 30.9 Å². The summed E-state index contributed by atoms with van der Waals surface area (Å²) in [6.07, 6.45) is 5.51. The topological polar surface area (TPSA) is 20.3 Å². The van der Waals surface area contributed by atoms with Crippen molar-refractivity contribution in [2.75, 3.05) is 7.05 Å². The molecule has 0 bridgehead atoms. The zero-order valence-electron chi connectivity index (χ0n) is 10.5. The Morgan fingerprint density at radius 3 is 2.67 bits per heavy atom. The number of hydrogen-bond donors (Lipinski definition) is 0. The van der Waals surface area contributed by atoms with E-state index in [0.29, 0.717) is 5.02 Å². The fraction of sp³-hybridized carbons (Fsp3) is 0.500. The molecule has 0 aromatic heterocycles. The Kier molecular flexibility index (Phi) is 4.23. The zero-order chi connectivity index (χ0) is 13.1. The van der Waals surface area contributed by atoms with E-state index in [1.807, 2.05) is 0 Å². The van der Waals surface area contributed by atoms with Gasteiger partial charge in [0.25, 0.3) is 5.91 Å². The van der Waals surface area contributed by atoms with Gasteiger partial charge in [0.2, 0.25) is 0 Å². The first-order valence-corrected chi connectivity index (χ1v) is 6.69. The SMILES string of the molecule is CN(C(=O)c1cc(Cl)ccc1F)C1CCCCC1. The minimum Gasteiger partial charge on any atom is -0.339 e. The molecule has 0 aliphatic heterocycles. The summed E-state index contributed by atoms with van der Waals surface area (Å²) in [5.41, 5.74) is 0.0653. The summed E-state index contributed by atoms with van der Waals surface area (Å²) >= 11 is 5.81. The van der Waals surface area contributed by atoms with E-state index in [1.165, 1.54) is 24.6 Å². The zero-order valence-corrected chi connectivity index (χ0v) is 11.2. The van der Waals surface area contributed by atoms with E-state index in [0.717, 1.165) is 25.7 Å². The molecule has 98 valence electrons. The van der Waals surface area contributed by atoms with E-state index in [9.17, 15) is 9.18 Å². The normalized spacial score (nSPS) is 16.6. The minimum absolute atomic E-state index is 0.0653. The highest BCUT2D eigenvalue weighted by Crippen LogP contribution is 2.24. The molecule has 0 N–H and O–H groups in total. The molecule has 0 atom stereocenters. The average molecular weight is 270 g/mol. The highest BCUT2D eigenvalue weighted by molar-refractivity contribution is 6.31. The number of benzene rings is 1. The summed E-state index contributed by atoms with van der Waals surface area (Å²) in [5, 5.41) is 0.386. The lowest BCUT2D eigenvalue weighted by Gasteiger charge is -2.31. The van der Waals surface area contributed by atoms with Crippen molar-refractivity contribution in [3.63, 3.8) is 0 Å². The molecular weight excluding hydrogens is 253 g/mol. The highest BCUT2D eigenvalue weighted by Gasteiger charge is 2.24. The second-order valence-corrected chi connectivity index (χ2v) is 5.27. The van der Waals surface area contributed by atoms with Crippen LogP contribution in [0.1, 0.15) is 42.5 Å². The van der Waals surface area contributed by atoms with Crippen LogP contribution in [0.25, 0.3) is 0 Å². The van der Waals surface area contributed by atoms with Gasteiger partial charge in [-0.25, -0.2) is 4.39 Å². The van der Waals surface area contributed by atoms with Gasteiger partial charge < -0.3 is 4.90 Å². The Bertz CT molecular complexity index is 443. The maximum absolute atomic E-state index is 13.6. The maximum Gasteiger partial charge on any atom is 0.256 e. The predicted octanol–water partition coefficient (Wildman–Crippen LogP) is 3.88. The molecule has 0 unspecified atom stereocenters. The molecule has 4 heteroatoms. The van der Waals surface area contributed by atoms with E-state index in [-0.39, 0.29) is 17.5 Å². The van der Waals surface area contributed by atoms with Gasteiger partial charge in [-0.05, 0) is 31.0 Å². The first kappa shape index (κ1) is 13.3. The summed E-state index contributed by atoms with van der Waals surface area (Å²) in [6, 6.07) is 4.32. The monoisotopic (exact) mass is 269 g/mol. The third kappa shape index (κ3) is 2.83. The van der Waals surface area contributed by atoms with Gasteiger partial charge in [-0.2, -0.15) is 0 Å². The van der Waals surface area contributed by atoms with Gasteiger partial charge in [-0.15, -0.1) is 0 Å². The molecule has 0 saturated heterocycles. The van der Waals surface area contributed by atoms with Crippen LogP contribution >= 0.6 is 11.6 Å². The Morgan fingerprint density at radius 2 is 2.00 bits per heavy atom. The van der Waals surface area contributed by atoms with Crippen molar-refractivity contribution in [3.05, 3.63) is 34.6 Å². The molecule has 1 amide bonds. The highest BCUT2D eigenvalue weighted by atomic mass is 35.5. The van der Waals surface area contributed by atoms with Crippen LogP contribution in [-0.2, 0) is 0 Å². The lowest BCUT2D eigenvalue weighted by atomic mass is 9.94. The number of carbonyl (C=O) groups is 1. The second kappa shape index (κ2) is 5.70. The van der Waals surface area contributed by atoms with Gasteiger partial charge in [-0.3, -0.25) is 4.79 Å². The Balaban J connectivity index is 2.16. The third-order valence-corrected chi connectivity index (χ3v) is 3.84. The van der Waals surface area contributed by atoms with E-state index in [2.05, 4.69) is 0 Å². The largest absolute Gasteiger partial charge is 0.339 e. The Hall–Kier alpha value is -1.09. The van der Waals surface area contributed by atoms with Crippen molar-refractivity contribution in [2.45, 2.75) is 38.1 Å². The molecule has 2 nitrogen and oxygen atoms in total. The van der Waals surface area contributed by atoms with Crippen LogP contribution in [0.5, 0.6) is 0 Å². The number of rotatable bonds is 2. The van der Waals surface area contributed by atoms with Gasteiger partial charge in [0.1, 0.15) is 5.82 Å². The van der Waals surface area contributed by atoms with Crippen LogP contribution in [0, 0.1) is 5.82 Å². The first-order chi connectivity index (χ1) is 8.59. The van der Waals surface area contributed by atoms with E-state index >= 15 is 0 Å². The van der Waals surface area contributed by atoms with Gasteiger partial charge in [0.15, 0.2) is 0 Å². The van der Waals surface area contributed by atoms with Crippen LogP contribution < -0.4 is 0 Å². The lowest BCUT2D eigenvalue weighted by Crippen LogP contribution is -2.38.